The molecule has 0 radical (unpaired) electrons. The maximum atomic E-state index is 13.3. The van der Waals surface area contributed by atoms with Crippen molar-refractivity contribution < 1.29 is 27.5 Å². The number of benzene rings is 2. The lowest BCUT2D eigenvalue weighted by Gasteiger charge is -2.33. The topological polar surface area (TPSA) is 102 Å². The number of rotatable bonds is 8. The summed E-state index contributed by atoms with van der Waals surface area (Å²) < 4.78 is 38.7. The van der Waals surface area contributed by atoms with Crippen LogP contribution in [0.5, 0.6) is 5.75 Å². The maximum Gasteiger partial charge on any atom is 0.339 e. The minimum Gasteiger partial charge on any atom is -0.489 e. The zero-order valence-corrected chi connectivity index (χ0v) is 20.4. The van der Waals surface area contributed by atoms with Crippen LogP contribution in [0.15, 0.2) is 47.4 Å². The average molecular weight is 475 g/mol. The molecule has 0 spiro atoms. The van der Waals surface area contributed by atoms with Crippen molar-refractivity contribution in [2.75, 3.05) is 18.4 Å². The van der Waals surface area contributed by atoms with E-state index in [0.29, 0.717) is 30.0 Å². The summed E-state index contributed by atoms with van der Waals surface area (Å²) in [5.74, 6) is -0.828. The molecule has 178 valence electrons. The summed E-state index contributed by atoms with van der Waals surface area (Å²) in [7, 11) is -3.75. The summed E-state index contributed by atoms with van der Waals surface area (Å²) in [5, 5.41) is 2.74. The lowest BCUT2D eigenvalue weighted by atomic mass is 9.89. The highest BCUT2D eigenvalue weighted by atomic mass is 32.2. The first-order chi connectivity index (χ1) is 15.5. The lowest BCUT2D eigenvalue weighted by Crippen LogP contribution is -2.49. The van der Waals surface area contributed by atoms with E-state index < -0.39 is 27.5 Å². The van der Waals surface area contributed by atoms with E-state index in [-0.39, 0.29) is 23.1 Å². The summed E-state index contributed by atoms with van der Waals surface area (Å²) in [6.45, 7) is 9.35. The molecule has 0 aliphatic carbocycles. The third-order valence-corrected chi connectivity index (χ3v) is 7.51. The second kappa shape index (κ2) is 9.52. The first kappa shape index (κ1) is 24.7. The Kier molecular flexibility index (Phi) is 7.14. The van der Waals surface area contributed by atoms with Crippen LogP contribution in [-0.2, 0) is 26.0 Å². The van der Waals surface area contributed by atoms with E-state index in [1.165, 1.54) is 29.4 Å². The number of nitrogens with zero attached hydrogens (tertiary/aromatic N) is 1. The number of carbonyl (C=O) groups is 2. The molecule has 0 aromatic heterocycles. The SMILES string of the molecule is CCN(CC)S(=O)(=O)c1ccc(OC(C)C)c(NC(=O)C2(C)Cc3ccccc3C(=O)O2)c1. The molecular weight excluding hydrogens is 444 g/mol. The van der Waals surface area contributed by atoms with Crippen LogP contribution in [0.25, 0.3) is 0 Å². The summed E-state index contributed by atoms with van der Waals surface area (Å²) in [6.07, 6.45) is -0.0145. The predicted octanol–water partition coefficient (Wildman–Crippen LogP) is 3.61. The molecular formula is C24H30N2O6S. The maximum absolute atomic E-state index is 13.3. The number of amides is 1. The first-order valence-corrected chi connectivity index (χ1v) is 12.4. The number of carbonyl (C=O) groups excluding carboxylic acids is 2. The van der Waals surface area contributed by atoms with Gasteiger partial charge in [0.2, 0.25) is 10.0 Å². The van der Waals surface area contributed by atoms with Gasteiger partial charge in [0, 0.05) is 19.5 Å². The van der Waals surface area contributed by atoms with E-state index in [4.69, 9.17) is 9.47 Å². The fraction of sp³-hybridized carbons (Fsp3) is 0.417. The fourth-order valence-electron chi connectivity index (χ4n) is 3.75. The van der Waals surface area contributed by atoms with Crippen molar-refractivity contribution in [3.63, 3.8) is 0 Å². The second-order valence-corrected chi connectivity index (χ2v) is 10.3. The molecule has 0 bridgehead atoms. The number of anilines is 1. The quantitative estimate of drug-likeness (QED) is 0.587. The second-order valence-electron chi connectivity index (χ2n) is 8.32. The molecule has 1 N–H and O–H groups in total. The smallest absolute Gasteiger partial charge is 0.339 e. The lowest BCUT2D eigenvalue weighted by molar-refractivity contribution is -0.134. The van der Waals surface area contributed by atoms with Gasteiger partial charge in [0.25, 0.3) is 5.91 Å². The van der Waals surface area contributed by atoms with Gasteiger partial charge in [0.1, 0.15) is 5.75 Å². The fourth-order valence-corrected chi connectivity index (χ4v) is 5.24. The molecule has 8 nitrogen and oxygen atoms in total. The Morgan fingerprint density at radius 3 is 2.48 bits per heavy atom. The Bertz CT molecular complexity index is 1160. The van der Waals surface area contributed by atoms with Crippen molar-refractivity contribution in [2.45, 2.75) is 57.6 Å². The third kappa shape index (κ3) is 5.04. The molecule has 2 aromatic rings. The summed E-state index contributed by atoms with van der Waals surface area (Å²) >= 11 is 0. The largest absolute Gasteiger partial charge is 0.489 e. The normalized spacial score (nSPS) is 18.1. The molecule has 3 rings (SSSR count). The van der Waals surface area contributed by atoms with E-state index in [9.17, 15) is 18.0 Å². The molecule has 33 heavy (non-hydrogen) atoms. The molecule has 1 aliphatic rings. The molecule has 1 atom stereocenters. The Hall–Kier alpha value is -2.91. The van der Waals surface area contributed by atoms with Gasteiger partial charge < -0.3 is 14.8 Å². The number of nitrogens with one attached hydrogen (secondary N) is 1. The molecule has 1 unspecified atom stereocenters. The summed E-state index contributed by atoms with van der Waals surface area (Å²) in [6, 6.07) is 11.3. The number of fused-ring (bicyclic) bond motifs is 1. The van der Waals surface area contributed by atoms with Crippen LogP contribution in [0.4, 0.5) is 5.69 Å². The van der Waals surface area contributed by atoms with Crippen LogP contribution in [-0.4, -0.2) is 49.4 Å². The van der Waals surface area contributed by atoms with Crippen molar-refractivity contribution in [1.29, 1.82) is 0 Å². The van der Waals surface area contributed by atoms with Gasteiger partial charge in [0.15, 0.2) is 5.60 Å². The average Bonchev–Trinajstić information content (AvgIpc) is 2.75. The Labute approximate surface area is 194 Å². The van der Waals surface area contributed by atoms with Crippen molar-refractivity contribution in [3.8, 4) is 5.75 Å². The molecule has 0 fully saturated rings. The van der Waals surface area contributed by atoms with Crippen molar-refractivity contribution >= 4 is 27.6 Å². The van der Waals surface area contributed by atoms with Gasteiger partial charge >= 0.3 is 5.97 Å². The van der Waals surface area contributed by atoms with Crippen LogP contribution in [0.3, 0.4) is 0 Å². The molecule has 1 amide bonds. The predicted molar refractivity (Wildman–Crippen MR) is 125 cm³/mol. The van der Waals surface area contributed by atoms with Gasteiger partial charge in [-0.2, -0.15) is 4.31 Å². The number of cyclic esters (lactones) is 1. The highest BCUT2D eigenvalue weighted by Crippen LogP contribution is 2.33. The molecule has 9 heteroatoms. The zero-order valence-electron chi connectivity index (χ0n) is 19.5. The van der Waals surface area contributed by atoms with Gasteiger partial charge in [-0.25, -0.2) is 13.2 Å². The number of esters is 1. The van der Waals surface area contributed by atoms with E-state index >= 15 is 0 Å². The van der Waals surface area contributed by atoms with Gasteiger partial charge in [-0.15, -0.1) is 0 Å². The monoisotopic (exact) mass is 474 g/mol. The highest BCUT2D eigenvalue weighted by Gasteiger charge is 2.43. The summed E-state index contributed by atoms with van der Waals surface area (Å²) in [4.78, 5) is 25.8. The van der Waals surface area contributed by atoms with Crippen LogP contribution in [0, 0.1) is 0 Å². The Morgan fingerprint density at radius 1 is 1.18 bits per heavy atom. The van der Waals surface area contributed by atoms with Gasteiger partial charge in [-0.05, 0) is 50.6 Å². The molecule has 0 saturated heterocycles. The standard InChI is InChI=1S/C24H30N2O6S/c1-6-26(7-2)33(29,30)18-12-13-21(31-16(3)4)20(14-18)25-23(28)24(5)15-17-10-8-9-11-19(17)22(27)32-24/h8-14,16H,6-7,15H2,1-5H3,(H,25,28). The molecule has 2 aromatic carbocycles. The van der Waals surface area contributed by atoms with E-state index in [1.807, 2.05) is 13.8 Å². The first-order valence-electron chi connectivity index (χ1n) is 11.0. The minimum absolute atomic E-state index is 0.0359. The Morgan fingerprint density at radius 2 is 1.85 bits per heavy atom. The summed E-state index contributed by atoms with van der Waals surface area (Å²) in [5.41, 5.74) is -0.131. The number of ether oxygens (including phenoxy) is 2. The Balaban J connectivity index is 1.97. The van der Waals surface area contributed by atoms with Gasteiger partial charge in [0.05, 0.1) is 22.3 Å². The van der Waals surface area contributed by atoms with E-state index in [0.717, 1.165) is 0 Å². The van der Waals surface area contributed by atoms with Gasteiger partial charge in [-0.1, -0.05) is 32.0 Å². The van der Waals surface area contributed by atoms with Crippen molar-refractivity contribution in [3.05, 3.63) is 53.6 Å². The molecule has 0 saturated carbocycles. The minimum atomic E-state index is -3.75. The van der Waals surface area contributed by atoms with Crippen LogP contribution < -0.4 is 10.1 Å². The van der Waals surface area contributed by atoms with E-state index in [2.05, 4.69) is 5.32 Å². The molecule has 1 aliphatic heterocycles. The van der Waals surface area contributed by atoms with E-state index in [1.54, 1.807) is 38.1 Å². The van der Waals surface area contributed by atoms with Crippen LogP contribution in [0.1, 0.15) is 50.5 Å². The van der Waals surface area contributed by atoms with Crippen LogP contribution >= 0.6 is 0 Å². The van der Waals surface area contributed by atoms with Gasteiger partial charge in [-0.3, -0.25) is 4.79 Å². The van der Waals surface area contributed by atoms with Crippen molar-refractivity contribution in [2.24, 2.45) is 0 Å². The van der Waals surface area contributed by atoms with Crippen molar-refractivity contribution in [1.82, 2.24) is 4.31 Å². The highest BCUT2D eigenvalue weighted by molar-refractivity contribution is 7.89. The zero-order chi connectivity index (χ0) is 24.4. The number of hydrogen-bond donors (Lipinski definition) is 1. The molecule has 1 heterocycles. The third-order valence-electron chi connectivity index (χ3n) is 5.47. The van der Waals surface area contributed by atoms with Crippen LogP contribution in [0.2, 0.25) is 0 Å². The number of hydrogen-bond acceptors (Lipinski definition) is 6. The number of sulfonamides is 1.